The van der Waals surface area contributed by atoms with E-state index in [4.69, 9.17) is 11.6 Å². The van der Waals surface area contributed by atoms with E-state index < -0.39 is 5.82 Å². The second kappa shape index (κ2) is 11.5. The number of aryl methyl sites for hydroxylation is 1. The smallest absolute Gasteiger partial charge is 0.228 e. The zero-order valence-electron chi connectivity index (χ0n) is 22.2. The van der Waals surface area contributed by atoms with Crippen LogP contribution in [-0.2, 0) is 23.1 Å². The monoisotopic (exact) mass is 567 g/mol. The van der Waals surface area contributed by atoms with Gasteiger partial charge in [-0.25, -0.2) is 14.4 Å². The third-order valence-corrected chi connectivity index (χ3v) is 8.37. The van der Waals surface area contributed by atoms with E-state index in [0.29, 0.717) is 46.7 Å². The molecule has 0 spiro atoms. The lowest BCUT2D eigenvalue weighted by Crippen LogP contribution is -2.29. The molecule has 204 valence electrons. The first-order valence-corrected chi connectivity index (χ1v) is 14.5. The molecule has 1 amide bonds. The summed E-state index contributed by atoms with van der Waals surface area (Å²) in [6, 6.07) is 4.99. The van der Waals surface area contributed by atoms with Gasteiger partial charge in [-0.15, -0.1) is 11.3 Å². The number of hydrogen-bond donors (Lipinski definition) is 1. The predicted molar refractivity (Wildman–Crippen MR) is 153 cm³/mol. The Hall–Kier alpha value is -3.17. The van der Waals surface area contributed by atoms with Crippen LogP contribution in [-0.4, -0.2) is 31.4 Å². The molecule has 0 unspecified atom stereocenters. The number of hydrogen-bond acceptors (Lipinski definition) is 6. The zero-order valence-corrected chi connectivity index (χ0v) is 23.8. The summed E-state index contributed by atoms with van der Waals surface area (Å²) < 4.78 is 16.8. The molecule has 10 heteroatoms. The number of nitrogens with one attached hydrogen (secondary N) is 1. The molecule has 39 heavy (non-hydrogen) atoms. The van der Waals surface area contributed by atoms with Crippen molar-refractivity contribution in [2.75, 3.05) is 5.32 Å². The van der Waals surface area contributed by atoms with Crippen LogP contribution in [0.5, 0.6) is 0 Å². The summed E-state index contributed by atoms with van der Waals surface area (Å²) in [7, 11) is 1.81. The van der Waals surface area contributed by atoms with Gasteiger partial charge in [0.15, 0.2) is 5.82 Å². The fraction of sp³-hybridized carbons (Fsp3) is 0.414. The molecule has 1 saturated carbocycles. The average molecular weight is 568 g/mol. The van der Waals surface area contributed by atoms with E-state index in [9.17, 15) is 9.59 Å². The van der Waals surface area contributed by atoms with E-state index in [1.807, 2.05) is 32.3 Å². The Morgan fingerprint density at radius 2 is 2.05 bits per heavy atom. The second-order valence-electron chi connectivity index (χ2n) is 10.7. The number of aromatic nitrogens is 4. The Labute approximate surface area is 235 Å². The van der Waals surface area contributed by atoms with Crippen LogP contribution < -0.4 is 5.32 Å². The highest BCUT2D eigenvalue weighted by Gasteiger charge is 2.29. The maximum atomic E-state index is 15.1. The van der Waals surface area contributed by atoms with Crippen molar-refractivity contribution in [3.05, 3.63) is 57.5 Å². The van der Waals surface area contributed by atoms with E-state index in [1.165, 1.54) is 23.6 Å². The quantitative estimate of drug-likeness (QED) is 0.249. The Morgan fingerprint density at radius 1 is 1.23 bits per heavy atom. The number of carbonyl (C=O) groups excluding carboxylic acids is 2. The molecule has 4 aromatic rings. The summed E-state index contributed by atoms with van der Waals surface area (Å²) in [6.07, 6.45) is 5.55. The van der Waals surface area contributed by atoms with Crippen LogP contribution in [0.15, 0.2) is 35.3 Å². The lowest BCUT2D eigenvalue weighted by atomic mass is 9.78. The molecule has 5 rings (SSSR count). The molecule has 0 aliphatic heterocycles. The zero-order chi connectivity index (χ0) is 27.7. The first kappa shape index (κ1) is 27.4. The average Bonchev–Trinajstić information content (AvgIpc) is 3.52. The standard InChI is InChI=1S/C29H31ClFN5O2S/c1-16(2)28-23-9-19(10-25(31)27(23)35-36(28)3)22-12-26(32-13-24(22)30)34-29(38)18-6-4-5-17(7-18)8-21(37)11-20-14-39-15-33-20/h9-10,12-18H,4-8,11H2,1-3H3,(H,32,34,38)/t17-,18+/m1/s1. The lowest BCUT2D eigenvalue weighted by molar-refractivity contribution is -0.123. The van der Waals surface area contributed by atoms with Crippen molar-refractivity contribution in [3.8, 4) is 11.1 Å². The van der Waals surface area contributed by atoms with Gasteiger partial charge in [-0.2, -0.15) is 5.10 Å². The van der Waals surface area contributed by atoms with Gasteiger partial charge in [-0.1, -0.05) is 31.9 Å². The number of Topliss-reactive ketones (excluding diaryl/α,β-unsaturated/α-hetero) is 1. The van der Waals surface area contributed by atoms with Crippen LogP contribution in [0.2, 0.25) is 5.02 Å². The third-order valence-electron chi connectivity index (χ3n) is 7.43. The molecule has 0 bridgehead atoms. The van der Waals surface area contributed by atoms with E-state index in [2.05, 4.69) is 20.4 Å². The minimum Gasteiger partial charge on any atom is -0.310 e. The molecule has 0 saturated heterocycles. The minimum atomic E-state index is -0.430. The van der Waals surface area contributed by atoms with Crippen molar-refractivity contribution in [2.45, 2.75) is 58.3 Å². The Bertz CT molecular complexity index is 1520. The number of pyridine rings is 1. The number of ketones is 1. The summed E-state index contributed by atoms with van der Waals surface area (Å²) in [5.41, 5.74) is 4.96. The molecule has 0 radical (unpaired) electrons. The summed E-state index contributed by atoms with van der Waals surface area (Å²) >= 11 is 7.98. The topological polar surface area (TPSA) is 89.8 Å². The van der Waals surface area contributed by atoms with Crippen LogP contribution in [0.4, 0.5) is 10.2 Å². The summed E-state index contributed by atoms with van der Waals surface area (Å²) in [6.45, 7) is 4.08. The van der Waals surface area contributed by atoms with Crippen LogP contribution in [0.1, 0.15) is 63.3 Å². The van der Waals surface area contributed by atoms with Gasteiger partial charge in [0.05, 0.1) is 16.2 Å². The largest absolute Gasteiger partial charge is 0.310 e. The highest BCUT2D eigenvalue weighted by atomic mass is 35.5. The third kappa shape index (κ3) is 6.04. The molecular weight excluding hydrogens is 537 g/mol. The number of amides is 1. The first-order chi connectivity index (χ1) is 18.7. The highest BCUT2D eigenvalue weighted by molar-refractivity contribution is 7.07. The van der Waals surface area contributed by atoms with Gasteiger partial charge in [-0.3, -0.25) is 14.3 Å². The summed E-state index contributed by atoms with van der Waals surface area (Å²) in [5.74, 6) is 0.100. The van der Waals surface area contributed by atoms with Gasteiger partial charge >= 0.3 is 0 Å². The van der Waals surface area contributed by atoms with Gasteiger partial charge in [0.2, 0.25) is 5.91 Å². The number of benzene rings is 1. The number of halogens is 2. The van der Waals surface area contributed by atoms with Crippen molar-refractivity contribution >= 4 is 51.3 Å². The Balaban J connectivity index is 1.31. The van der Waals surface area contributed by atoms with Crippen LogP contribution in [0, 0.1) is 17.7 Å². The van der Waals surface area contributed by atoms with E-state index in [1.54, 1.807) is 16.3 Å². The number of thiazole rings is 1. The molecule has 1 N–H and O–H groups in total. The molecule has 1 aliphatic carbocycles. The maximum absolute atomic E-state index is 15.1. The van der Waals surface area contributed by atoms with Crippen molar-refractivity contribution < 1.29 is 14.0 Å². The molecule has 3 heterocycles. The number of carbonyl (C=O) groups is 2. The maximum Gasteiger partial charge on any atom is 0.228 e. The SMILES string of the molecule is CC(C)c1c2cc(-c3cc(NC(=O)[C@H]4CCC[C@@H](CC(=O)Cc5cscn5)C4)ncc3Cl)cc(F)c2nn1C. The van der Waals surface area contributed by atoms with Gasteiger partial charge < -0.3 is 5.32 Å². The fourth-order valence-corrected chi connectivity index (χ4v) is 6.48. The van der Waals surface area contributed by atoms with Crippen LogP contribution >= 0.6 is 22.9 Å². The molecule has 3 aromatic heterocycles. The van der Waals surface area contributed by atoms with Crippen LogP contribution in [0.25, 0.3) is 22.0 Å². The lowest BCUT2D eigenvalue weighted by Gasteiger charge is -2.28. The Morgan fingerprint density at radius 3 is 2.79 bits per heavy atom. The van der Waals surface area contributed by atoms with Gasteiger partial charge in [0, 0.05) is 54.0 Å². The fourth-order valence-electron chi connectivity index (χ4n) is 5.71. The molecule has 1 fully saturated rings. The molecular formula is C29H31ClFN5O2S. The number of rotatable bonds is 8. The Kier molecular flexibility index (Phi) is 8.09. The number of anilines is 1. The second-order valence-corrected chi connectivity index (χ2v) is 11.8. The van der Waals surface area contributed by atoms with Crippen molar-refractivity contribution in [1.82, 2.24) is 19.7 Å². The minimum absolute atomic E-state index is 0.122. The molecule has 2 atom stereocenters. The van der Waals surface area contributed by atoms with E-state index in [-0.39, 0.29) is 29.4 Å². The summed E-state index contributed by atoms with van der Waals surface area (Å²) in [5, 5.41) is 10.3. The predicted octanol–water partition coefficient (Wildman–Crippen LogP) is 6.95. The molecule has 1 aromatic carbocycles. The van der Waals surface area contributed by atoms with Crippen LogP contribution in [0.3, 0.4) is 0 Å². The van der Waals surface area contributed by atoms with E-state index >= 15 is 4.39 Å². The molecule has 1 aliphatic rings. The van der Waals surface area contributed by atoms with Gasteiger partial charge in [-0.05, 0) is 54.9 Å². The van der Waals surface area contributed by atoms with Crippen molar-refractivity contribution in [1.29, 1.82) is 0 Å². The van der Waals surface area contributed by atoms with Crippen molar-refractivity contribution in [3.63, 3.8) is 0 Å². The van der Waals surface area contributed by atoms with Gasteiger partial charge in [0.1, 0.15) is 17.1 Å². The first-order valence-electron chi connectivity index (χ1n) is 13.2. The summed E-state index contributed by atoms with van der Waals surface area (Å²) in [4.78, 5) is 34.2. The van der Waals surface area contributed by atoms with Gasteiger partial charge in [0.25, 0.3) is 0 Å². The van der Waals surface area contributed by atoms with E-state index in [0.717, 1.165) is 36.0 Å². The van der Waals surface area contributed by atoms with Crippen molar-refractivity contribution in [2.24, 2.45) is 18.9 Å². The highest BCUT2D eigenvalue weighted by Crippen LogP contribution is 2.36. The normalized spacial score (nSPS) is 17.6. The number of fused-ring (bicyclic) bond motifs is 1. The molecule has 7 nitrogen and oxygen atoms in total. The number of nitrogens with zero attached hydrogens (tertiary/aromatic N) is 4.